The third kappa shape index (κ3) is 5.01. The maximum absolute atomic E-state index is 13.6. The predicted molar refractivity (Wildman–Crippen MR) is 161 cm³/mol. The van der Waals surface area contributed by atoms with E-state index in [1.165, 1.54) is 0 Å². The van der Waals surface area contributed by atoms with Crippen molar-refractivity contribution in [1.82, 2.24) is 15.1 Å². The van der Waals surface area contributed by atoms with Crippen LogP contribution in [0.3, 0.4) is 0 Å². The van der Waals surface area contributed by atoms with Crippen molar-refractivity contribution >= 4 is 47.0 Å². The standard InChI is InChI=1S/C33H30ClN3O4S/c34-23-7-5-19(6-8-23)26-3-1-2-4-28(26)32(40)36-16-20-13-25(14-21(20)17-36)42-24-9-10-27-22(15-24)18-37(33(27)41)29-11-12-30(38)35-31(29)39/h1-10,15,20-21,25,29H,11-14,16-18H2,(H,35,38,39). The maximum atomic E-state index is 13.6. The molecular formula is C33H30ClN3O4S. The first-order valence-corrected chi connectivity index (χ1v) is 15.7. The van der Waals surface area contributed by atoms with E-state index in [0.717, 1.165) is 53.1 Å². The number of carbonyl (C=O) groups is 4. The second kappa shape index (κ2) is 10.9. The molecule has 3 unspecified atom stereocenters. The molecule has 9 heteroatoms. The molecule has 0 bridgehead atoms. The number of piperidine rings is 1. The number of nitrogens with zero attached hydrogens (tertiary/aromatic N) is 2. The number of carbonyl (C=O) groups excluding carboxylic acids is 4. The molecule has 42 heavy (non-hydrogen) atoms. The van der Waals surface area contributed by atoms with E-state index >= 15 is 0 Å². The van der Waals surface area contributed by atoms with Crippen LogP contribution in [-0.4, -0.2) is 57.8 Å². The maximum Gasteiger partial charge on any atom is 0.255 e. The molecule has 0 spiro atoms. The van der Waals surface area contributed by atoms with Crippen LogP contribution in [0, 0.1) is 11.8 Å². The molecule has 3 aromatic carbocycles. The Hall–Kier alpha value is -3.62. The van der Waals surface area contributed by atoms with Gasteiger partial charge >= 0.3 is 0 Å². The number of thioether (sulfide) groups is 1. The summed E-state index contributed by atoms with van der Waals surface area (Å²) in [7, 11) is 0. The first-order chi connectivity index (χ1) is 20.3. The van der Waals surface area contributed by atoms with E-state index in [1.807, 2.05) is 77.3 Å². The fourth-order valence-electron chi connectivity index (χ4n) is 7.04. The van der Waals surface area contributed by atoms with Crippen LogP contribution in [0.4, 0.5) is 0 Å². The van der Waals surface area contributed by atoms with Gasteiger partial charge in [0.15, 0.2) is 0 Å². The zero-order valence-corrected chi connectivity index (χ0v) is 24.5. The summed E-state index contributed by atoms with van der Waals surface area (Å²) in [6.45, 7) is 1.93. The van der Waals surface area contributed by atoms with Crippen LogP contribution < -0.4 is 5.32 Å². The van der Waals surface area contributed by atoms with Gasteiger partial charge in [0.05, 0.1) is 0 Å². The monoisotopic (exact) mass is 599 g/mol. The molecule has 4 aliphatic rings. The van der Waals surface area contributed by atoms with E-state index in [-0.39, 0.29) is 30.0 Å². The zero-order chi connectivity index (χ0) is 29.0. The normalized spacial score (nSPS) is 25.0. The van der Waals surface area contributed by atoms with E-state index in [9.17, 15) is 19.2 Å². The summed E-state index contributed by atoms with van der Waals surface area (Å²) in [5.74, 6) is 0.231. The van der Waals surface area contributed by atoms with E-state index in [0.29, 0.717) is 40.6 Å². The van der Waals surface area contributed by atoms with Crippen molar-refractivity contribution in [1.29, 1.82) is 0 Å². The third-order valence-corrected chi connectivity index (χ3v) is 10.6. The lowest BCUT2D eigenvalue weighted by Crippen LogP contribution is -2.52. The Labute approximate surface area is 253 Å². The van der Waals surface area contributed by atoms with Gasteiger partial charge in [0.1, 0.15) is 6.04 Å². The Bertz CT molecular complexity index is 1600. The van der Waals surface area contributed by atoms with Gasteiger partial charge in [0.25, 0.3) is 11.8 Å². The topological polar surface area (TPSA) is 86.8 Å². The summed E-state index contributed by atoms with van der Waals surface area (Å²) in [4.78, 5) is 55.3. The molecule has 0 radical (unpaired) electrons. The van der Waals surface area contributed by atoms with Crippen LogP contribution in [0.1, 0.15) is 52.0 Å². The highest BCUT2D eigenvalue weighted by Crippen LogP contribution is 2.46. The van der Waals surface area contributed by atoms with Gasteiger partial charge in [0, 0.05) is 52.4 Å². The third-order valence-electron chi connectivity index (χ3n) is 9.11. The molecule has 7 rings (SSSR count). The molecule has 4 amide bonds. The quantitative estimate of drug-likeness (QED) is 0.396. The number of rotatable bonds is 5. The number of hydrogen-bond donors (Lipinski definition) is 1. The van der Waals surface area contributed by atoms with Gasteiger partial charge in [-0.05, 0) is 84.2 Å². The number of amides is 4. The number of nitrogens with one attached hydrogen (secondary N) is 1. The molecule has 1 N–H and O–H groups in total. The summed E-state index contributed by atoms with van der Waals surface area (Å²) >= 11 is 7.93. The number of hydrogen-bond acceptors (Lipinski definition) is 5. The van der Waals surface area contributed by atoms with Crippen LogP contribution in [0.15, 0.2) is 71.6 Å². The van der Waals surface area contributed by atoms with E-state index in [1.54, 1.807) is 4.90 Å². The highest BCUT2D eigenvalue weighted by molar-refractivity contribution is 8.00. The molecule has 2 saturated heterocycles. The lowest BCUT2D eigenvalue weighted by Gasteiger charge is -2.29. The van der Waals surface area contributed by atoms with Gasteiger partial charge in [-0.15, -0.1) is 11.8 Å². The van der Waals surface area contributed by atoms with Gasteiger partial charge in [-0.3, -0.25) is 24.5 Å². The van der Waals surface area contributed by atoms with Crippen molar-refractivity contribution in [2.24, 2.45) is 11.8 Å². The second-order valence-corrected chi connectivity index (χ2v) is 13.5. The van der Waals surface area contributed by atoms with Crippen LogP contribution in [0.25, 0.3) is 11.1 Å². The molecule has 3 aromatic rings. The van der Waals surface area contributed by atoms with Gasteiger partial charge in [-0.1, -0.05) is 41.9 Å². The Morgan fingerprint density at radius 1 is 0.905 bits per heavy atom. The summed E-state index contributed by atoms with van der Waals surface area (Å²) in [5, 5.41) is 3.49. The lowest BCUT2D eigenvalue weighted by molar-refractivity contribution is -0.136. The minimum Gasteiger partial charge on any atom is -0.338 e. The van der Waals surface area contributed by atoms with Crippen LogP contribution in [0.2, 0.25) is 5.02 Å². The van der Waals surface area contributed by atoms with E-state index < -0.39 is 6.04 Å². The summed E-state index contributed by atoms with van der Waals surface area (Å²) in [6.07, 6.45) is 2.72. The smallest absolute Gasteiger partial charge is 0.255 e. The molecule has 7 nitrogen and oxygen atoms in total. The Balaban J connectivity index is 0.982. The van der Waals surface area contributed by atoms with Gasteiger partial charge in [-0.2, -0.15) is 0 Å². The Kier molecular flexibility index (Phi) is 7.06. The molecule has 3 aliphatic heterocycles. The first kappa shape index (κ1) is 27.2. The molecule has 1 saturated carbocycles. The molecule has 3 heterocycles. The molecular weight excluding hydrogens is 570 g/mol. The average molecular weight is 600 g/mol. The molecule has 0 aromatic heterocycles. The van der Waals surface area contributed by atoms with Crippen molar-refractivity contribution in [3.8, 4) is 11.1 Å². The van der Waals surface area contributed by atoms with Gasteiger partial charge in [-0.25, -0.2) is 0 Å². The average Bonchev–Trinajstić information content (AvgIpc) is 3.65. The molecule has 214 valence electrons. The second-order valence-electron chi connectivity index (χ2n) is 11.7. The summed E-state index contributed by atoms with van der Waals surface area (Å²) < 4.78 is 0. The zero-order valence-electron chi connectivity index (χ0n) is 22.9. The molecule has 3 fully saturated rings. The Morgan fingerprint density at radius 3 is 2.38 bits per heavy atom. The fraction of sp³-hybridized carbons (Fsp3) is 0.333. The lowest BCUT2D eigenvalue weighted by atomic mass is 9.99. The highest BCUT2D eigenvalue weighted by Gasteiger charge is 2.43. The Morgan fingerprint density at radius 2 is 1.64 bits per heavy atom. The molecule has 3 atom stereocenters. The van der Waals surface area contributed by atoms with Crippen molar-refractivity contribution in [2.75, 3.05) is 13.1 Å². The predicted octanol–water partition coefficient (Wildman–Crippen LogP) is 5.41. The fourth-order valence-corrected chi connectivity index (χ4v) is 8.60. The van der Waals surface area contributed by atoms with E-state index in [2.05, 4.69) is 11.4 Å². The SMILES string of the molecule is O=C1CCC(N2Cc3cc(SC4CC5CN(C(=O)c6ccccc6-c6ccc(Cl)cc6)CC5C4)ccc3C2=O)C(=O)N1. The van der Waals surface area contributed by atoms with Crippen molar-refractivity contribution < 1.29 is 19.2 Å². The van der Waals surface area contributed by atoms with Crippen LogP contribution in [-0.2, 0) is 16.1 Å². The minimum absolute atomic E-state index is 0.0861. The number of imide groups is 1. The number of likely N-dealkylation sites (tertiary alicyclic amines) is 1. The van der Waals surface area contributed by atoms with Crippen LogP contribution >= 0.6 is 23.4 Å². The highest BCUT2D eigenvalue weighted by atomic mass is 35.5. The first-order valence-electron chi connectivity index (χ1n) is 14.4. The number of benzene rings is 3. The van der Waals surface area contributed by atoms with Gasteiger partial charge in [0.2, 0.25) is 11.8 Å². The largest absolute Gasteiger partial charge is 0.338 e. The summed E-state index contributed by atoms with van der Waals surface area (Å²) in [5.41, 5.74) is 4.21. The molecule has 1 aliphatic carbocycles. The summed E-state index contributed by atoms with van der Waals surface area (Å²) in [6, 6.07) is 20.8. The minimum atomic E-state index is -0.600. The van der Waals surface area contributed by atoms with Crippen molar-refractivity contribution in [3.05, 3.63) is 88.4 Å². The van der Waals surface area contributed by atoms with Crippen LogP contribution in [0.5, 0.6) is 0 Å². The van der Waals surface area contributed by atoms with Crippen molar-refractivity contribution in [3.63, 3.8) is 0 Å². The number of fused-ring (bicyclic) bond motifs is 2. The van der Waals surface area contributed by atoms with Crippen molar-refractivity contribution in [2.45, 2.75) is 48.4 Å². The number of halogens is 1. The van der Waals surface area contributed by atoms with Gasteiger partial charge < -0.3 is 9.80 Å². The van der Waals surface area contributed by atoms with E-state index in [4.69, 9.17) is 11.6 Å².